The molecule has 4 fully saturated rings. The van der Waals surface area contributed by atoms with Crippen LogP contribution < -0.4 is 10.4 Å². The summed E-state index contributed by atoms with van der Waals surface area (Å²) in [6, 6.07) is 24.4. The van der Waals surface area contributed by atoms with Crippen LogP contribution in [0.4, 0.5) is 0 Å². The predicted molar refractivity (Wildman–Crippen MR) is 208 cm³/mol. The molecule has 2 aromatic carbocycles. The number of hydrogen-bond acceptors (Lipinski definition) is 0. The molecule has 0 radical (unpaired) electrons. The molecule has 0 spiro atoms. The van der Waals surface area contributed by atoms with Crippen LogP contribution in [0.15, 0.2) is 107 Å². The molecular formula is C47H62Si. The standard InChI is InChI=1S/C47H62Si/c1-31-26-33-28-39-41(47(8,9)25-23-45(39,4)5)30-37(33)43(31)48(34-16-12-10-13-17-34,35-18-14-11-15-19-35)42-21-20-32-27-38-40(29-36(32)42)46(6,7)24-22-44(38,2)3/h10-19,27-33,36-37,42-43H,20-26H2,1-9H3. The van der Waals surface area contributed by atoms with Crippen LogP contribution in [0, 0.1) is 51.2 Å². The second-order valence-corrected chi connectivity index (χ2v) is 24.2. The van der Waals surface area contributed by atoms with Gasteiger partial charge in [-0.25, -0.2) is 0 Å². The summed E-state index contributed by atoms with van der Waals surface area (Å²) < 4.78 is 0. The van der Waals surface area contributed by atoms with E-state index in [2.05, 4.69) is 147 Å². The third kappa shape index (κ3) is 4.79. The van der Waals surface area contributed by atoms with E-state index in [4.69, 9.17) is 0 Å². The summed E-state index contributed by atoms with van der Waals surface area (Å²) in [5, 5.41) is 3.40. The molecule has 0 amide bonds. The van der Waals surface area contributed by atoms with Gasteiger partial charge in [0.25, 0.3) is 0 Å². The Morgan fingerprint density at radius 2 is 0.917 bits per heavy atom. The molecule has 0 N–H and O–H groups in total. The average molecular weight is 655 g/mol. The minimum Gasteiger partial charge on any atom is -0.0768 e. The normalized spacial score (nSPS) is 35.6. The van der Waals surface area contributed by atoms with Gasteiger partial charge in [-0.2, -0.15) is 0 Å². The molecule has 6 aliphatic rings. The third-order valence-corrected chi connectivity index (χ3v) is 21.7. The van der Waals surface area contributed by atoms with E-state index in [0.717, 1.165) is 0 Å². The van der Waals surface area contributed by atoms with Crippen LogP contribution in [-0.2, 0) is 0 Å². The lowest BCUT2D eigenvalue weighted by Gasteiger charge is -2.52. The Morgan fingerprint density at radius 1 is 0.500 bits per heavy atom. The maximum atomic E-state index is 2.92. The maximum Gasteiger partial charge on any atom is 0.125 e. The van der Waals surface area contributed by atoms with E-state index in [9.17, 15) is 0 Å². The first kappa shape index (κ1) is 32.8. The van der Waals surface area contributed by atoms with Crippen molar-refractivity contribution in [3.05, 3.63) is 107 Å². The van der Waals surface area contributed by atoms with Crippen molar-refractivity contribution in [2.45, 2.75) is 118 Å². The lowest BCUT2D eigenvalue weighted by atomic mass is 9.58. The fourth-order valence-corrected chi connectivity index (χ4v) is 20.0. The van der Waals surface area contributed by atoms with Gasteiger partial charge in [0.15, 0.2) is 0 Å². The Hall–Kier alpha value is -2.38. The molecule has 1 heteroatoms. The Labute approximate surface area is 294 Å². The molecule has 0 nitrogen and oxygen atoms in total. The van der Waals surface area contributed by atoms with Gasteiger partial charge in [0.1, 0.15) is 8.07 Å². The second kappa shape index (κ2) is 11.1. The Morgan fingerprint density at radius 3 is 1.40 bits per heavy atom. The van der Waals surface area contributed by atoms with E-state index in [0.29, 0.717) is 40.7 Å². The van der Waals surface area contributed by atoms with Crippen molar-refractivity contribution < 1.29 is 0 Å². The van der Waals surface area contributed by atoms with Crippen molar-refractivity contribution >= 4 is 18.4 Å². The van der Waals surface area contributed by atoms with Gasteiger partial charge >= 0.3 is 0 Å². The predicted octanol–water partition coefficient (Wildman–Crippen LogP) is 11.7. The number of fused-ring (bicyclic) bond motifs is 4. The van der Waals surface area contributed by atoms with Crippen molar-refractivity contribution in [3.8, 4) is 0 Å². The number of rotatable bonds is 4. The summed E-state index contributed by atoms with van der Waals surface area (Å²) in [6.45, 7) is 22.9. The lowest BCUT2D eigenvalue weighted by Crippen LogP contribution is -2.67. The van der Waals surface area contributed by atoms with E-state index < -0.39 is 8.07 Å². The molecule has 48 heavy (non-hydrogen) atoms. The zero-order valence-corrected chi connectivity index (χ0v) is 32.6. The van der Waals surface area contributed by atoms with Crippen LogP contribution in [0.2, 0.25) is 11.1 Å². The summed E-state index contributed by atoms with van der Waals surface area (Å²) in [4.78, 5) is 0. The summed E-state index contributed by atoms with van der Waals surface area (Å²) in [7, 11) is -2.39. The maximum absolute atomic E-state index is 2.92. The number of benzene rings is 2. The van der Waals surface area contributed by atoms with E-state index in [1.54, 1.807) is 32.7 Å². The van der Waals surface area contributed by atoms with Gasteiger partial charge in [0, 0.05) is 0 Å². The van der Waals surface area contributed by atoms with E-state index in [1.165, 1.54) is 44.9 Å². The van der Waals surface area contributed by atoms with Crippen molar-refractivity contribution in [2.24, 2.45) is 51.2 Å². The van der Waals surface area contributed by atoms with Crippen LogP contribution in [0.25, 0.3) is 0 Å². The highest BCUT2D eigenvalue weighted by molar-refractivity contribution is 7.04. The van der Waals surface area contributed by atoms with Gasteiger partial charge in [-0.15, -0.1) is 0 Å². The van der Waals surface area contributed by atoms with Crippen LogP contribution >= 0.6 is 0 Å². The molecule has 8 rings (SSSR count). The quantitative estimate of drug-likeness (QED) is 0.288. The first-order chi connectivity index (χ1) is 22.7. The zero-order valence-electron chi connectivity index (χ0n) is 31.6. The van der Waals surface area contributed by atoms with Crippen molar-refractivity contribution in [3.63, 3.8) is 0 Å². The first-order valence-corrected chi connectivity index (χ1v) is 21.8. The fraction of sp³-hybridized carbons (Fsp3) is 0.574. The third-order valence-electron chi connectivity index (χ3n) is 15.3. The summed E-state index contributed by atoms with van der Waals surface area (Å²) in [6.07, 6.45) is 20.7. The van der Waals surface area contributed by atoms with Gasteiger partial charge < -0.3 is 0 Å². The van der Waals surface area contributed by atoms with Crippen LogP contribution in [0.5, 0.6) is 0 Å². The Kier molecular flexibility index (Phi) is 7.56. The van der Waals surface area contributed by atoms with E-state index in [1.807, 2.05) is 0 Å². The van der Waals surface area contributed by atoms with Crippen molar-refractivity contribution in [1.82, 2.24) is 0 Å². The molecular weight excluding hydrogens is 593 g/mol. The first-order valence-electron chi connectivity index (χ1n) is 19.7. The largest absolute Gasteiger partial charge is 0.125 e. The molecule has 0 saturated heterocycles. The van der Waals surface area contributed by atoms with Gasteiger partial charge in [0.2, 0.25) is 0 Å². The highest BCUT2D eigenvalue weighted by Gasteiger charge is 2.62. The molecule has 6 aliphatic carbocycles. The van der Waals surface area contributed by atoms with Gasteiger partial charge in [-0.05, 0) is 123 Å². The highest BCUT2D eigenvalue weighted by Crippen LogP contribution is 2.65. The highest BCUT2D eigenvalue weighted by atomic mass is 28.3. The lowest BCUT2D eigenvalue weighted by molar-refractivity contribution is 0.250. The molecule has 4 saturated carbocycles. The molecule has 0 bridgehead atoms. The van der Waals surface area contributed by atoms with E-state index >= 15 is 0 Å². The summed E-state index contributed by atoms with van der Waals surface area (Å²) in [5.41, 5.74) is 9.23. The monoisotopic (exact) mass is 654 g/mol. The van der Waals surface area contributed by atoms with Crippen molar-refractivity contribution in [2.75, 3.05) is 0 Å². The molecule has 0 heterocycles. The second-order valence-electron chi connectivity index (χ2n) is 19.9. The van der Waals surface area contributed by atoms with E-state index in [-0.39, 0.29) is 21.7 Å². The molecule has 2 aromatic rings. The molecule has 7 atom stereocenters. The SMILES string of the molecule is CC1CC2C=C3C(=CC2C1[Si](c1ccccc1)(c1ccccc1)C1CCC2C=C4C(=CC21)C(C)(C)CCC4(C)C)C(C)(C)CCC3(C)C. The zero-order chi connectivity index (χ0) is 33.9. The minimum absolute atomic E-state index is 0.249. The minimum atomic E-state index is -2.39. The Balaban J connectivity index is 1.35. The number of allylic oxidation sites excluding steroid dienone is 8. The Bertz CT molecular complexity index is 1650. The molecule has 0 aromatic heterocycles. The fourth-order valence-electron chi connectivity index (χ4n) is 12.5. The molecule has 0 aliphatic heterocycles. The summed E-state index contributed by atoms with van der Waals surface area (Å²) >= 11 is 0. The number of hydrogen-bond donors (Lipinski definition) is 0. The van der Waals surface area contributed by atoms with Gasteiger partial charge in [-0.1, -0.05) is 164 Å². The van der Waals surface area contributed by atoms with Crippen LogP contribution in [0.3, 0.4) is 0 Å². The van der Waals surface area contributed by atoms with Gasteiger partial charge in [-0.3, -0.25) is 0 Å². The smallest absolute Gasteiger partial charge is 0.0768 e. The topological polar surface area (TPSA) is 0 Å². The van der Waals surface area contributed by atoms with Crippen LogP contribution in [0.1, 0.15) is 107 Å². The van der Waals surface area contributed by atoms with Gasteiger partial charge in [0.05, 0.1) is 0 Å². The summed E-state index contributed by atoms with van der Waals surface area (Å²) in [5.74, 6) is 3.26. The average Bonchev–Trinajstić information content (AvgIpc) is 3.63. The van der Waals surface area contributed by atoms with Crippen LogP contribution in [-0.4, -0.2) is 8.07 Å². The van der Waals surface area contributed by atoms with Crippen molar-refractivity contribution in [1.29, 1.82) is 0 Å². The molecule has 254 valence electrons. The molecule has 7 unspecified atom stereocenters.